The molecule has 0 radical (unpaired) electrons. The summed E-state index contributed by atoms with van der Waals surface area (Å²) >= 11 is 5.78. The number of benzene rings is 1. The fourth-order valence-electron chi connectivity index (χ4n) is 1.42. The first kappa shape index (κ1) is 10.5. The molecule has 2 rings (SSSR count). The number of halogens is 1. The van der Waals surface area contributed by atoms with Crippen LogP contribution in [0.25, 0.3) is 11.1 Å². The Morgan fingerprint density at radius 3 is 2.50 bits per heavy atom. The fourth-order valence-corrected chi connectivity index (χ4v) is 1.54. The van der Waals surface area contributed by atoms with Gasteiger partial charge >= 0.3 is 0 Å². The fraction of sp³-hybridized carbons (Fsp3) is 0. The Balaban J connectivity index is 2.66. The molecule has 1 aromatic carbocycles. The van der Waals surface area contributed by atoms with E-state index in [0.29, 0.717) is 10.6 Å². The van der Waals surface area contributed by atoms with Crippen LogP contribution in [0.2, 0.25) is 5.02 Å². The van der Waals surface area contributed by atoms with Crippen LogP contribution in [0, 0.1) is 16.7 Å². The highest BCUT2D eigenvalue weighted by molar-refractivity contribution is 6.30. The van der Waals surface area contributed by atoms with Crippen molar-refractivity contribution in [3.8, 4) is 17.2 Å². The summed E-state index contributed by atoms with van der Waals surface area (Å²) in [5.41, 5.74) is 1.61. The van der Waals surface area contributed by atoms with E-state index in [-0.39, 0.29) is 11.1 Å². The van der Waals surface area contributed by atoms with Gasteiger partial charge in [0.25, 0.3) is 0 Å². The van der Waals surface area contributed by atoms with E-state index in [1.54, 1.807) is 30.3 Å². The molecule has 78 valence electrons. The van der Waals surface area contributed by atoms with Gasteiger partial charge in [-0.1, -0.05) is 23.7 Å². The Morgan fingerprint density at radius 1 is 1.19 bits per heavy atom. The standard InChI is InChI=1S/C12H7ClN2O/c13-9-3-1-8(2-4-9)10-5-6-16-12(15)11(10)7-14/h1-6,15H. The van der Waals surface area contributed by atoms with E-state index in [1.165, 1.54) is 6.26 Å². The van der Waals surface area contributed by atoms with Crippen LogP contribution in [0.3, 0.4) is 0 Å². The summed E-state index contributed by atoms with van der Waals surface area (Å²) in [5.74, 6) is 0. The summed E-state index contributed by atoms with van der Waals surface area (Å²) in [6.07, 6.45) is 1.40. The van der Waals surface area contributed by atoms with Crippen molar-refractivity contribution in [3.63, 3.8) is 0 Å². The Morgan fingerprint density at radius 2 is 1.88 bits per heavy atom. The molecule has 0 aliphatic heterocycles. The largest absolute Gasteiger partial charge is 0.446 e. The number of nitriles is 1. The van der Waals surface area contributed by atoms with Crippen LogP contribution in [0.15, 0.2) is 41.0 Å². The first-order chi connectivity index (χ1) is 7.72. The van der Waals surface area contributed by atoms with Gasteiger partial charge in [-0.25, -0.2) is 0 Å². The zero-order valence-electron chi connectivity index (χ0n) is 8.20. The van der Waals surface area contributed by atoms with Crippen LogP contribution in [0.1, 0.15) is 5.56 Å². The third-order valence-corrected chi connectivity index (χ3v) is 2.44. The quantitative estimate of drug-likeness (QED) is 0.819. The number of nitrogens with zero attached hydrogens (tertiary/aromatic N) is 1. The molecule has 0 amide bonds. The molecule has 0 atom stereocenters. The minimum atomic E-state index is -0.130. The summed E-state index contributed by atoms with van der Waals surface area (Å²) in [7, 11) is 0. The number of rotatable bonds is 1. The average Bonchev–Trinajstić information content (AvgIpc) is 2.30. The SMILES string of the molecule is N#Cc1c(-c2ccc(Cl)cc2)ccoc1=N. The van der Waals surface area contributed by atoms with E-state index >= 15 is 0 Å². The van der Waals surface area contributed by atoms with Gasteiger partial charge in [0.1, 0.15) is 11.6 Å². The first-order valence-corrected chi connectivity index (χ1v) is 4.92. The van der Waals surface area contributed by atoms with Crippen LogP contribution < -0.4 is 5.55 Å². The summed E-state index contributed by atoms with van der Waals surface area (Å²) in [5, 5.41) is 17.1. The third-order valence-electron chi connectivity index (χ3n) is 2.18. The third kappa shape index (κ3) is 1.83. The van der Waals surface area contributed by atoms with E-state index in [4.69, 9.17) is 26.7 Å². The van der Waals surface area contributed by atoms with Crippen LogP contribution in [-0.4, -0.2) is 0 Å². The van der Waals surface area contributed by atoms with Crippen molar-refractivity contribution in [1.29, 1.82) is 10.7 Å². The van der Waals surface area contributed by atoms with E-state index < -0.39 is 0 Å². The molecule has 1 N–H and O–H groups in total. The van der Waals surface area contributed by atoms with E-state index in [0.717, 1.165) is 5.56 Å². The molecule has 0 fully saturated rings. The van der Waals surface area contributed by atoms with Crippen LogP contribution in [0.4, 0.5) is 0 Å². The summed E-state index contributed by atoms with van der Waals surface area (Å²) in [4.78, 5) is 0. The normalized spacial score (nSPS) is 9.75. The van der Waals surface area contributed by atoms with Crippen LogP contribution in [-0.2, 0) is 0 Å². The molecule has 1 aromatic heterocycles. The van der Waals surface area contributed by atoms with Crippen LogP contribution in [0.5, 0.6) is 0 Å². The number of nitrogens with one attached hydrogen (secondary N) is 1. The van der Waals surface area contributed by atoms with E-state index in [1.807, 2.05) is 6.07 Å². The Hall–Kier alpha value is -2.05. The summed E-state index contributed by atoms with van der Waals surface area (Å²) in [6.45, 7) is 0. The zero-order valence-corrected chi connectivity index (χ0v) is 8.95. The first-order valence-electron chi connectivity index (χ1n) is 4.55. The Labute approximate surface area is 97.0 Å². The highest BCUT2D eigenvalue weighted by Gasteiger charge is 2.07. The van der Waals surface area contributed by atoms with Crippen molar-refractivity contribution < 1.29 is 4.42 Å². The number of hydrogen-bond donors (Lipinski definition) is 1. The van der Waals surface area contributed by atoms with Crippen molar-refractivity contribution in [1.82, 2.24) is 0 Å². The lowest BCUT2D eigenvalue weighted by molar-refractivity contribution is 0.485. The lowest BCUT2D eigenvalue weighted by Gasteiger charge is -2.03. The minimum Gasteiger partial charge on any atom is -0.446 e. The Kier molecular flexibility index (Phi) is 2.76. The molecule has 0 aliphatic carbocycles. The van der Waals surface area contributed by atoms with E-state index in [9.17, 15) is 0 Å². The molecule has 4 heteroatoms. The molecular weight excluding hydrogens is 224 g/mol. The lowest BCUT2D eigenvalue weighted by Crippen LogP contribution is -2.05. The van der Waals surface area contributed by atoms with Crippen molar-refractivity contribution in [2.45, 2.75) is 0 Å². The maximum absolute atomic E-state index is 8.96. The smallest absolute Gasteiger partial charge is 0.229 e. The van der Waals surface area contributed by atoms with Crippen molar-refractivity contribution in [2.75, 3.05) is 0 Å². The molecule has 2 aromatic rings. The second-order valence-corrected chi connectivity index (χ2v) is 3.59. The average molecular weight is 231 g/mol. The molecule has 1 heterocycles. The monoisotopic (exact) mass is 230 g/mol. The van der Waals surface area contributed by atoms with Gasteiger partial charge in [-0.15, -0.1) is 0 Å². The molecule has 0 saturated heterocycles. The number of hydrogen-bond acceptors (Lipinski definition) is 3. The topological polar surface area (TPSA) is 60.8 Å². The summed E-state index contributed by atoms with van der Waals surface area (Å²) < 4.78 is 4.85. The highest BCUT2D eigenvalue weighted by Crippen LogP contribution is 2.22. The second kappa shape index (κ2) is 4.21. The molecule has 0 unspecified atom stereocenters. The zero-order chi connectivity index (χ0) is 11.5. The highest BCUT2D eigenvalue weighted by atomic mass is 35.5. The maximum Gasteiger partial charge on any atom is 0.229 e. The van der Waals surface area contributed by atoms with Gasteiger partial charge in [-0.3, -0.25) is 5.41 Å². The van der Waals surface area contributed by atoms with Crippen molar-refractivity contribution in [3.05, 3.63) is 52.7 Å². The predicted molar refractivity (Wildman–Crippen MR) is 59.7 cm³/mol. The molecule has 16 heavy (non-hydrogen) atoms. The lowest BCUT2D eigenvalue weighted by atomic mass is 10.0. The van der Waals surface area contributed by atoms with Gasteiger partial charge < -0.3 is 4.42 Å². The van der Waals surface area contributed by atoms with Gasteiger partial charge in [0.05, 0.1) is 6.26 Å². The second-order valence-electron chi connectivity index (χ2n) is 3.16. The van der Waals surface area contributed by atoms with Gasteiger partial charge in [-0.05, 0) is 23.8 Å². The van der Waals surface area contributed by atoms with Gasteiger partial charge in [-0.2, -0.15) is 5.26 Å². The minimum absolute atomic E-state index is 0.130. The molecular formula is C12H7ClN2O. The van der Waals surface area contributed by atoms with Crippen molar-refractivity contribution in [2.24, 2.45) is 0 Å². The molecule has 0 saturated carbocycles. The van der Waals surface area contributed by atoms with Crippen LogP contribution >= 0.6 is 11.6 Å². The molecule has 0 bridgehead atoms. The predicted octanol–water partition coefficient (Wildman–Crippen LogP) is 2.95. The van der Waals surface area contributed by atoms with Gasteiger partial charge in [0.15, 0.2) is 0 Å². The molecule has 0 aliphatic rings. The van der Waals surface area contributed by atoms with E-state index in [2.05, 4.69) is 0 Å². The molecule has 0 spiro atoms. The maximum atomic E-state index is 8.96. The molecule has 3 nitrogen and oxygen atoms in total. The Bertz CT molecular complexity index is 608. The van der Waals surface area contributed by atoms with Crippen molar-refractivity contribution >= 4 is 11.6 Å². The summed E-state index contributed by atoms with van der Waals surface area (Å²) in [6, 6.07) is 10.7. The van der Waals surface area contributed by atoms with Gasteiger partial charge in [0, 0.05) is 10.6 Å². The van der Waals surface area contributed by atoms with Gasteiger partial charge in [0.2, 0.25) is 5.55 Å².